The Bertz CT molecular complexity index is 115. The first-order valence-electron chi connectivity index (χ1n) is 3.34. The summed E-state index contributed by atoms with van der Waals surface area (Å²) < 4.78 is 15.5. The molecule has 0 heterocycles. The van der Waals surface area contributed by atoms with Gasteiger partial charge in [-0.1, -0.05) is 22.5 Å². The zero-order valence-electron chi connectivity index (χ0n) is 7.34. The van der Waals surface area contributed by atoms with Crippen molar-refractivity contribution in [1.29, 1.82) is 0 Å². The molecule has 0 saturated carbocycles. The fourth-order valence-corrected chi connectivity index (χ4v) is 5.18. The molecule has 0 radical (unpaired) electrons. The monoisotopic (exact) mass is 250 g/mol. The summed E-state index contributed by atoms with van der Waals surface area (Å²) in [6.07, 6.45) is 0.681. The molecule has 0 aliphatic rings. The molecular weight excluding hydrogens is 238 g/mol. The molecule has 0 aromatic heterocycles. The van der Waals surface area contributed by atoms with E-state index in [0.29, 0.717) is 12.2 Å². The summed E-state index contributed by atoms with van der Waals surface area (Å²) in [6.45, 7) is -0.943. The van der Waals surface area contributed by atoms with Crippen molar-refractivity contribution in [2.24, 2.45) is 0 Å². The lowest BCUT2D eigenvalue weighted by Gasteiger charge is -2.24. The summed E-state index contributed by atoms with van der Waals surface area (Å²) in [5.41, 5.74) is 0. The van der Waals surface area contributed by atoms with E-state index in [9.17, 15) is 0 Å². The lowest BCUT2D eigenvalue weighted by Crippen LogP contribution is -2.43. The molecule has 12 heavy (non-hydrogen) atoms. The van der Waals surface area contributed by atoms with Crippen LogP contribution >= 0.6 is 29.1 Å². The summed E-state index contributed by atoms with van der Waals surface area (Å²) in [6, 6.07) is 0.662. The summed E-state index contributed by atoms with van der Waals surface area (Å²) >= 11 is 11.3. The van der Waals surface area contributed by atoms with Crippen LogP contribution in [0.3, 0.4) is 0 Å². The van der Waals surface area contributed by atoms with Crippen LogP contribution in [0.25, 0.3) is 0 Å². The van der Waals surface area contributed by atoms with Crippen molar-refractivity contribution in [3.63, 3.8) is 0 Å². The topological polar surface area (TPSA) is 27.7 Å². The highest BCUT2D eigenvalue weighted by atomic mass is 35.9. The second-order valence-corrected chi connectivity index (χ2v) is 9.18. The average molecular weight is 251 g/mol. The van der Waals surface area contributed by atoms with Gasteiger partial charge in [-0.05, 0) is 6.16 Å². The first kappa shape index (κ1) is 13.1. The second-order valence-electron chi connectivity index (χ2n) is 2.07. The van der Waals surface area contributed by atoms with Crippen LogP contribution in [0.1, 0.15) is 0 Å². The van der Waals surface area contributed by atoms with E-state index in [-0.39, 0.29) is 0 Å². The average Bonchev–Trinajstić information content (AvgIpc) is 2.08. The predicted molar refractivity (Wildman–Crippen MR) is 55.1 cm³/mol. The molecule has 0 N–H and O–H groups in total. The van der Waals surface area contributed by atoms with Crippen molar-refractivity contribution in [2.75, 3.05) is 27.5 Å². The molecule has 0 atom stereocenters. The Morgan fingerprint density at radius 3 is 1.75 bits per heavy atom. The minimum absolute atomic E-state index is 0.662. The summed E-state index contributed by atoms with van der Waals surface area (Å²) in [5, 5.41) is 0. The molecule has 0 saturated heterocycles. The third-order valence-electron chi connectivity index (χ3n) is 1.52. The van der Waals surface area contributed by atoms with Gasteiger partial charge in [-0.3, -0.25) is 0 Å². The van der Waals surface area contributed by atoms with Crippen LogP contribution in [-0.4, -0.2) is 36.3 Å². The van der Waals surface area contributed by atoms with Crippen molar-refractivity contribution in [2.45, 2.75) is 6.04 Å². The SMILES string of the molecule is CO[Si](CCP(Cl)Cl)(OC)OC. The van der Waals surface area contributed by atoms with E-state index in [1.165, 1.54) is 0 Å². The van der Waals surface area contributed by atoms with Gasteiger partial charge < -0.3 is 13.3 Å². The Morgan fingerprint density at radius 2 is 1.50 bits per heavy atom. The molecule has 0 aromatic rings. The summed E-state index contributed by atoms with van der Waals surface area (Å²) in [7, 11) is 2.29. The van der Waals surface area contributed by atoms with Gasteiger partial charge in [0, 0.05) is 27.4 Å². The van der Waals surface area contributed by atoms with Gasteiger partial charge in [0.1, 0.15) is 0 Å². The van der Waals surface area contributed by atoms with Gasteiger partial charge in [-0.25, -0.2) is 0 Å². The van der Waals surface area contributed by atoms with Gasteiger partial charge in [0.15, 0.2) is 0 Å². The van der Waals surface area contributed by atoms with E-state index in [4.69, 9.17) is 35.8 Å². The number of halogens is 2. The standard InChI is InChI=1S/C5H13Cl2O3PSi/c1-8-12(9-2,10-3)5-4-11(6)7/h4-5H2,1-3H3. The molecule has 7 heteroatoms. The van der Waals surface area contributed by atoms with Crippen LogP contribution in [0.15, 0.2) is 0 Å². The van der Waals surface area contributed by atoms with Crippen LogP contribution in [0.2, 0.25) is 6.04 Å². The largest absolute Gasteiger partial charge is 0.500 e. The van der Waals surface area contributed by atoms with Gasteiger partial charge in [0.2, 0.25) is 0 Å². The minimum Gasteiger partial charge on any atom is -0.377 e. The molecule has 0 unspecified atom stereocenters. The highest BCUT2D eigenvalue weighted by Gasteiger charge is 2.37. The van der Waals surface area contributed by atoms with Crippen LogP contribution in [0.4, 0.5) is 0 Å². The highest BCUT2D eigenvalue weighted by molar-refractivity contribution is 8.03. The third kappa shape index (κ3) is 4.37. The van der Waals surface area contributed by atoms with Crippen molar-refractivity contribution >= 4 is 37.9 Å². The zero-order chi connectivity index (χ0) is 9.61. The van der Waals surface area contributed by atoms with Crippen molar-refractivity contribution in [1.82, 2.24) is 0 Å². The van der Waals surface area contributed by atoms with E-state index in [1.54, 1.807) is 21.3 Å². The maximum atomic E-state index is 5.64. The summed E-state index contributed by atoms with van der Waals surface area (Å²) in [5.74, 6) is 0. The van der Waals surface area contributed by atoms with Gasteiger partial charge in [0.25, 0.3) is 0 Å². The Morgan fingerprint density at radius 1 is 1.08 bits per heavy atom. The lowest BCUT2D eigenvalue weighted by atomic mass is 11.0. The Balaban J connectivity index is 3.93. The Hall–Kier alpha value is 1.11. The van der Waals surface area contributed by atoms with Crippen molar-refractivity contribution in [3.8, 4) is 0 Å². The number of hydrogen-bond donors (Lipinski definition) is 0. The number of rotatable bonds is 6. The lowest BCUT2D eigenvalue weighted by molar-refractivity contribution is 0.125. The van der Waals surface area contributed by atoms with Crippen LogP contribution in [0, 0.1) is 0 Å². The smallest absolute Gasteiger partial charge is 0.377 e. The zero-order valence-corrected chi connectivity index (χ0v) is 10.7. The number of hydrogen-bond acceptors (Lipinski definition) is 3. The fraction of sp³-hybridized carbons (Fsp3) is 1.00. The van der Waals surface area contributed by atoms with E-state index in [0.717, 1.165) is 0 Å². The molecule has 0 spiro atoms. The maximum absolute atomic E-state index is 5.64. The van der Waals surface area contributed by atoms with Gasteiger partial charge in [0.05, 0.1) is 6.63 Å². The van der Waals surface area contributed by atoms with E-state index < -0.39 is 15.4 Å². The minimum atomic E-state index is -2.43. The molecule has 74 valence electrons. The summed E-state index contributed by atoms with van der Waals surface area (Å²) in [4.78, 5) is 0. The fourth-order valence-electron chi connectivity index (χ4n) is 0.778. The molecule has 3 nitrogen and oxygen atoms in total. The van der Waals surface area contributed by atoms with Crippen molar-refractivity contribution in [3.05, 3.63) is 0 Å². The van der Waals surface area contributed by atoms with E-state index >= 15 is 0 Å². The predicted octanol–water partition coefficient (Wildman–Crippen LogP) is 2.65. The van der Waals surface area contributed by atoms with Crippen molar-refractivity contribution < 1.29 is 13.3 Å². The van der Waals surface area contributed by atoms with Gasteiger partial charge in [-0.2, -0.15) is 0 Å². The molecule has 0 aliphatic carbocycles. The van der Waals surface area contributed by atoms with E-state index in [2.05, 4.69) is 0 Å². The van der Waals surface area contributed by atoms with Crippen LogP contribution < -0.4 is 0 Å². The molecular formula is C5H13Cl2O3PSi. The van der Waals surface area contributed by atoms with E-state index in [1.807, 2.05) is 0 Å². The molecule has 0 aromatic carbocycles. The molecule has 0 bridgehead atoms. The van der Waals surface area contributed by atoms with Crippen LogP contribution in [0.5, 0.6) is 0 Å². The Labute approximate surface area is 85.0 Å². The second kappa shape index (κ2) is 6.54. The quantitative estimate of drug-likeness (QED) is 0.536. The molecule has 0 rings (SSSR count). The normalized spacial score (nSPS) is 12.5. The molecule has 0 aliphatic heterocycles. The first-order valence-corrected chi connectivity index (χ1v) is 8.61. The Kier molecular flexibility index (Phi) is 7.15. The van der Waals surface area contributed by atoms with Gasteiger partial charge >= 0.3 is 8.80 Å². The maximum Gasteiger partial charge on any atom is 0.500 e. The van der Waals surface area contributed by atoms with Gasteiger partial charge in [-0.15, -0.1) is 0 Å². The third-order valence-corrected chi connectivity index (χ3v) is 6.25. The highest BCUT2D eigenvalue weighted by Crippen LogP contribution is 2.48. The molecule has 0 amide bonds. The first-order chi connectivity index (χ1) is 5.60. The molecule has 0 fully saturated rings. The van der Waals surface area contributed by atoms with Crippen LogP contribution in [-0.2, 0) is 13.3 Å².